The van der Waals surface area contributed by atoms with Crippen LogP contribution in [0.1, 0.15) is 10.4 Å². The molecule has 0 aliphatic heterocycles. The predicted molar refractivity (Wildman–Crippen MR) is 81.5 cm³/mol. The molecule has 0 aliphatic carbocycles. The number of rotatable bonds is 5. The average molecular weight is 306 g/mol. The number of hydrogen-bond donors (Lipinski definition) is 1. The standard InChI is InChI=1S/C16H13ClFNO2/c1-2-9-21-13-6-4-12(5-7-13)19-16(20)14-8-3-11(17)10-15(14)18/h2-8,10H,1,9H2,(H,19,20). The van der Waals surface area contributed by atoms with E-state index < -0.39 is 11.7 Å². The van der Waals surface area contributed by atoms with E-state index in [1.165, 1.54) is 12.1 Å². The largest absolute Gasteiger partial charge is 0.490 e. The van der Waals surface area contributed by atoms with Crippen LogP contribution in [0.15, 0.2) is 55.1 Å². The molecule has 21 heavy (non-hydrogen) atoms. The summed E-state index contributed by atoms with van der Waals surface area (Å²) in [6.45, 7) is 3.96. The number of carbonyl (C=O) groups excluding carboxylic acids is 1. The molecule has 0 fully saturated rings. The summed E-state index contributed by atoms with van der Waals surface area (Å²) in [5.74, 6) is -0.541. The smallest absolute Gasteiger partial charge is 0.258 e. The lowest BCUT2D eigenvalue weighted by Crippen LogP contribution is -2.13. The van der Waals surface area contributed by atoms with Gasteiger partial charge in [0, 0.05) is 10.7 Å². The van der Waals surface area contributed by atoms with Gasteiger partial charge < -0.3 is 10.1 Å². The summed E-state index contributed by atoms with van der Waals surface area (Å²) < 4.78 is 19.0. The van der Waals surface area contributed by atoms with Gasteiger partial charge in [0.2, 0.25) is 0 Å². The third kappa shape index (κ3) is 4.07. The molecule has 5 heteroatoms. The van der Waals surface area contributed by atoms with E-state index in [0.29, 0.717) is 18.0 Å². The highest BCUT2D eigenvalue weighted by molar-refractivity contribution is 6.30. The SMILES string of the molecule is C=CCOc1ccc(NC(=O)c2ccc(Cl)cc2F)cc1. The highest BCUT2D eigenvalue weighted by Crippen LogP contribution is 2.19. The van der Waals surface area contributed by atoms with Gasteiger partial charge >= 0.3 is 0 Å². The van der Waals surface area contributed by atoms with Crippen LogP contribution in [-0.2, 0) is 0 Å². The van der Waals surface area contributed by atoms with Crippen LogP contribution >= 0.6 is 11.6 Å². The van der Waals surface area contributed by atoms with Gasteiger partial charge in [0.05, 0.1) is 5.56 Å². The number of ether oxygens (including phenoxy) is 1. The number of carbonyl (C=O) groups is 1. The predicted octanol–water partition coefficient (Wildman–Crippen LogP) is 4.30. The summed E-state index contributed by atoms with van der Waals surface area (Å²) in [7, 11) is 0. The number of anilines is 1. The summed E-state index contributed by atoms with van der Waals surface area (Å²) in [6, 6.07) is 10.7. The van der Waals surface area contributed by atoms with Crippen LogP contribution in [0.2, 0.25) is 5.02 Å². The van der Waals surface area contributed by atoms with E-state index in [0.717, 1.165) is 6.07 Å². The van der Waals surface area contributed by atoms with E-state index in [-0.39, 0.29) is 10.6 Å². The molecule has 0 spiro atoms. The minimum absolute atomic E-state index is 0.0635. The maximum atomic E-state index is 13.6. The topological polar surface area (TPSA) is 38.3 Å². The van der Waals surface area contributed by atoms with Gasteiger partial charge in [0.25, 0.3) is 5.91 Å². The Kier molecular flexibility index (Phi) is 4.95. The van der Waals surface area contributed by atoms with Gasteiger partial charge in [0.1, 0.15) is 18.2 Å². The fourth-order valence-corrected chi connectivity index (χ4v) is 1.82. The van der Waals surface area contributed by atoms with Crippen molar-refractivity contribution in [1.82, 2.24) is 0 Å². The maximum Gasteiger partial charge on any atom is 0.258 e. The zero-order chi connectivity index (χ0) is 15.2. The molecule has 2 aromatic rings. The van der Waals surface area contributed by atoms with Crippen LogP contribution < -0.4 is 10.1 Å². The molecule has 0 radical (unpaired) electrons. The molecule has 108 valence electrons. The van der Waals surface area contributed by atoms with Crippen molar-refractivity contribution in [3.63, 3.8) is 0 Å². The lowest BCUT2D eigenvalue weighted by Gasteiger charge is -2.08. The number of halogens is 2. The van der Waals surface area contributed by atoms with E-state index in [2.05, 4.69) is 11.9 Å². The molecule has 2 rings (SSSR count). The van der Waals surface area contributed by atoms with Crippen molar-refractivity contribution in [3.8, 4) is 5.75 Å². The van der Waals surface area contributed by atoms with Crippen molar-refractivity contribution in [2.45, 2.75) is 0 Å². The Morgan fingerprint density at radius 1 is 1.29 bits per heavy atom. The highest BCUT2D eigenvalue weighted by atomic mass is 35.5. The second-order valence-electron chi connectivity index (χ2n) is 4.20. The van der Waals surface area contributed by atoms with E-state index in [4.69, 9.17) is 16.3 Å². The first-order valence-electron chi connectivity index (χ1n) is 6.20. The second-order valence-corrected chi connectivity index (χ2v) is 4.64. The highest BCUT2D eigenvalue weighted by Gasteiger charge is 2.12. The zero-order valence-electron chi connectivity index (χ0n) is 11.1. The monoisotopic (exact) mass is 305 g/mol. The van der Waals surface area contributed by atoms with Crippen molar-refractivity contribution >= 4 is 23.2 Å². The number of benzene rings is 2. The van der Waals surface area contributed by atoms with Crippen LogP contribution in [0.5, 0.6) is 5.75 Å². The number of nitrogens with one attached hydrogen (secondary N) is 1. The van der Waals surface area contributed by atoms with Crippen molar-refractivity contribution < 1.29 is 13.9 Å². The first kappa shape index (κ1) is 15.1. The molecule has 0 saturated carbocycles. The molecule has 0 aromatic heterocycles. The Labute approximate surface area is 127 Å². The van der Waals surface area contributed by atoms with Gasteiger partial charge in [-0.25, -0.2) is 4.39 Å². The summed E-state index contributed by atoms with van der Waals surface area (Å²) >= 11 is 5.65. The molecule has 0 aliphatic rings. The van der Waals surface area contributed by atoms with Crippen LogP contribution in [-0.4, -0.2) is 12.5 Å². The molecule has 0 unspecified atom stereocenters. The Morgan fingerprint density at radius 3 is 2.62 bits per heavy atom. The minimum Gasteiger partial charge on any atom is -0.490 e. The first-order valence-corrected chi connectivity index (χ1v) is 6.58. The lowest BCUT2D eigenvalue weighted by molar-refractivity contribution is 0.102. The van der Waals surface area contributed by atoms with E-state index in [1.54, 1.807) is 30.3 Å². The maximum absolute atomic E-state index is 13.6. The fraction of sp³-hybridized carbons (Fsp3) is 0.0625. The molecule has 0 bridgehead atoms. The molecule has 3 nitrogen and oxygen atoms in total. The minimum atomic E-state index is -0.661. The molecule has 1 N–H and O–H groups in total. The Hall–Kier alpha value is -2.33. The number of amides is 1. The Morgan fingerprint density at radius 2 is 2.00 bits per heavy atom. The lowest BCUT2D eigenvalue weighted by atomic mass is 10.2. The summed E-state index contributed by atoms with van der Waals surface area (Å²) in [6.07, 6.45) is 1.64. The molecular weight excluding hydrogens is 293 g/mol. The first-order chi connectivity index (χ1) is 10.1. The van der Waals surface area contributed by atoms with Crippen molar-refractivity contribution in [1.29, 1.82) is 0 Å². The van der Waals surface area contributed by atoms with Gasteiger partial charge in [-0.05, 0) is 42.5 Å². The van der Waals surface area contributed by atoms with Gasteiger partial charge in [0.15, 0.2) is 0 Å². The quantitative estimate of drug-likeness (QED) is 0.837. The van der Waals surface area contributed by atoms with Crippen LogP contribution in [0.4, 0.5) is 10.1 Å². The van der Waals surface area contributed by atoms with Gasteiger partial charge in [-0.1, -0.05) is 24.3 Å². The Balaban J connectivity index is 2.07. The van der Waals surface area contributed by atoms with Gasteiger partial charge in [-0.15, -0.1) is 0 Å². The molecule has 0 saturated heterocycles. The third-order valence-electron chi connectivity index (χ3n) is 2.66. The number of hydrogen-bond acceptors (Lipinski definition) is 2. The van der Waals surface area contributed by atoms with Crippen molar-refractivity contribution in [3.05, 3.63) is 71.5 Å². The van der Waals surface area contributed by atoms with E-state index in [1.807, 2.05) is 0 Å². The molecule has 1 amide bonds. The molecular formula is C16H13ClFNO2. The van der Waals surface area contributed by atoms with Crippen molar-refractivity contribution in [2.75, 3.05) is 11.9 Å². The summed E-state index contributed by atoms with van der Waals surface area (Å²) in [5, 5.41) is 2.85. The van der Waals surface area contributed by atoms with Crippen molar-refractivity contribution in [2.24, 2.45) is 0 Å². The fourth-order valence-electron chi connectivity index (χ4n) is 1.66. The Bertz CT molecular complexity index is 656. The molecule has 2 aromatic carbocycles. The molecule has 0 atom stereocenters. The summed E-state index contributed by atoms with van der Waals surface area (Å²) in [5.41, 5.74) is 0.478. The second kappa shape index (κ2) is 6.90. The van der Waals surface area contributed by atoms with Gasteiger partial charge in [-0.2, -0.15) is 0 Å². The summed E-state index contributed by atoms with van der Waals surface area (Å²) in [4.78, 5) is 12.0. The van der Waals surface area contributed by atoms with E-state index in [9.17, 15) is 9.18 Å². The van der Waals surface area contributed by atoms with Gasteiger partial charge in [-0.3, -0.25) is 4.79 Å². The van der Waals surface area contributed by atoms with Crippen LogP contribution in [0.3, 0.4) is 0 Å². The van der Waals surface area contributed by atoms with Crippen LogP contribution in [0, 0.1) is 5.82 Å². The average Bonchev–Trinajstić information content (AvgIpc) is 2.46. The van der Waals surface area contributed by atoms with E-state index >= 15 is 0 Å². The normalized spacial score (nSPS) is 10.0. The zero-order valence-corrected chi connectivity index (χ0v) is 11.9. The third-order valence-corrected chi connectivity index (χ3v) is 2.89. The molecule has 0 heterocycles. The van der Waals surface area contributed by atoms with Crippen LogP contribution in [0.25, 0.3) is 0 Å².